The summed E-state index contributed by atoms with van der Waals surface area (Å²) in [6.45, 7) is 0. The van der Waals surface area contributed by atoms with Crippen molar-refractivity contribution in [3.8, 4) is 5.75 Å². The van der Waals surface area contributed by atoms with Crippen LogP contribution in [0.1, 0.15) is 23.8 Å². The standard InChI is InChI=1S/C20H20N2O3S/c1-25-17-5-3-2-4-16(17)22-18(23)12-26-20(22)14-8-10-15(11-9-14)21-19(24)13-6-7-13/h2-5,8-11,13,20H,6-7,12H2,1H3,(H,21,24). The average molecular weight is 368 g/mol. The number of hydrogen-bond acceptors (Lipinski definition) is 4. The number of para-hydroxylation sites is 2. The van der Waals surface area contributed by atoms with Crippen LogP contribution >= 0.6 is 11.8 Å². The first kappa shape index (κ1) is 17.0. The van der Waals surface area contributed by atoms with E-state index in [0.717, 1.165) is 29.8 Å². The molecule has 6 heteroatoms. The van der Waals surface area contributed by atoms with E-state index in [2.05, 4.69) is 5.32 Å². The summed E-state index contributed by atoms with van der Waals surface area (Å²) in [5.74, 6) is 1.46. The predicted octanol–water partition coefficient (Wildman–Crippen LogP) is 3.82. The number of nitrogens with one attached hydrogen (secondary N) is 1. The van der Waals surface area contributed by atoms with Crippen molar-refractivity contribution in [2.24, 2.45) is 5.92 Å². The summed E-state index contributed by atoms with van der Waals surface area (Å²) in [7, 11) is 1.61. The molecule has 134 valence electrons. The number of nitrogens with zero attached hydrogens (tertiary/aromatic N) is 1. The van der Waals surface area contributed by atoms with Crippen molar-refractivity contribution in [2.45, 2.75) is 18.2 Å². The number of amides is 2. The molecule has 5 nitrogen and oxygen atoms in total. The largest absolute Gasteiger partial charge is 0.495 e. The molecule has 2 aromatic carbocycles. The maximum absolute atomic E-state index is 12.5. The highest BCUT2D eigenvalue weighted by molar-refractivity contribution is 8.00. The number of carbonyl (C=O) groups excluding carboxylic acids is 2. The Kier molecular flexibility index (Phi) is 4.59. The van der Waals surface area contributed by atoms with Gasteiger partial charge in [-0.15, -0.1) is 11.8 Å². The number of methoxy groups -OCH3 is 1. The van der Waals surface area contributed by atoms with Gasteiger partial charge in [-0.25, -0.2) is 0 Å². The van der Waals surface area contributed by atoms with Crippen LogP contribution in [-0.4, -0.2) is 24.7 Å². The summed E-state index contributed by atoms with van der Waals surface area (Å²) in [6.07, 6.45) is 1.97. The number of hydrogen-bond donors (Lipinski definition) is 1. The highest BCUT2D eigenvalue weighted by Gasteiger charge is 2.35. The van der Waals surface area contributed by atoms with E-state index in [1.165, 1.54) is 0 Å². The van der Waals surface area contributed by atoms with E-state index in [1.807, 2.05) is 48.5 Å². The van der Waals surface area contributed by atoms with Gasteiger partial charge in [0.15, 0.2) is 0 Å². The van der Waals surface area contributed by atoms with Crippen molar-refractivity contribution in [1.82, 2.24) is 0 Å². The van der Waals surface area contributed by atoms with Gasteiger partial charge in [-0.3, -0.25) is 14.5 Å². The molecule has 1 N–H and O–H groups in total. The lowest BCUT2D eigenvalue weighted by Gasteiger charge is -2.26. The lowest BCUT2D eigenvalue weighted by atomic mass is 10.1. The Morgan fingerprint density at radius 1 is 1.15 bits per heavy atom. The first-order valence-corrected chi connectivity index (χ1v) is 9.70. The van der Waals surface area contributed by atoms with Gasteiger partial charge >= 0.3 is 0 Å². The number of benzene rings is 2. The number of carbonyl (C=O) groups is 2. The van der Waals surface area contributed by atoms with E-state index < -0.39 is 0 Å². The average Bonchev–Trinajstić information content (AvgIpc) is 3.45. The number of rotatable bonds is 5. The second-order valence-electron chi connectivity index (χ2n) is 6.48. The van der Waals surface area contributed by atoms with Gasteiger partial charge in [0, 0.05) is 11.6 Å². The van der Waals surface area contributed by atoms with Crippen molar-refractivity contribution in [2.75, 3.05) is 23.1 Å². The molecule has 26 heavy (non-hydrogen) atoms. The molecule has 2 aromatic rings. The third kappa shape index (κ3) is 3.29. The van der Waals surface area contributed by atoms with Gasteiger partial charge < -0.3 is 10.1 Å². The molecule has 0 aromatic heterocycles. The van der Waals surface area contributed by atoms with Gasteiger partial charge in [-0.05, 0) is 42.7 Å². The summed E-state index contributed by atoms with van der Waals surface area (Å²) in [5, 5.41) is 2.84. The van der Waals surface area contributed by atoms with Crippen LogP contribution in [0.3, 0.4) is 0 Å². The van der Waals surface area contributed by atoms with Crippen LogP contribution in [0.25, 0.3) is 0 Å². The quantitative estimate of drug-likeness (QED) is 0.872. The molecule has 1 aliphatic carbocycles. The summed E-state index contributed by atoms with van der Waals surface area (Å²) in [4.78, 5) is 26.2. The third-order valence-corrected chi connectivity index (χ3v) is 5.84. The van der Waals surface area contributed by atoms with E-state index in [0.29, 0.717) is 11.5 Å². The molecule has 1 saturated carbocycles. The van der Waals surface area contributed by atoms with E-state index in [4.69, 9.17) is 4.74 Å². The molecule has 2 amide bonds. The molecule has 1 saturated heterocycles. The van der Waals surface area contributed by atoms with Gasteiger partial charge in [-0.2, -0.15) is 0 Å². The molecular weight excluding hydrogens is 348 g/mol. The van der Waals surface area contributed by atoms with Gasteiger partial charge in [0.1, 0.15) is 11.1 Å². The molecule has 1 aliphatic heterocycles. The molecule has 0 spiro atoms. The van der Waals surface area contributed by atoms with Crippen LogP contribution in [0, 0.1) is 5.92 Å². The van der Waals surface area contributed by atoms with E-state index in [9.17, 15) is 9.59 Å². The Hall–Kier alpha value is -2.47. The van der Waals surface area contributed by atoms with E-state index >= 15 is 0 Å². The third-order valence-electron chi connectivity index (χ3n) is 4.62. The fraction of sp³-hybridized carbons (Fsp3) is 0.300. The lowest BCUT2D eigenvalue weighted by Crippen LogP contribution is -2.28. The molecule has 1 heterocycles. The Balaban J connectivity index is 1.57. The maximum Gasteiger partial charge on any atom is 0.238 e. The highest BCUT2D eigenvalue weighted by atomic mass is 32.2. The Bertz CT molecular complexity index is 833. The zero-order chi connectivity index (χ0) is 18.1. The molecule has 0 radical (unpaired) electrons. The minimum absolute atomic E-state index is 0.0654. The topological polar surface area (TPSA) is 58.6 Å². The molecule has 2 fully saturated rings. The summed E-state index contributed by atoms with van der Waals surface area (Å²) < 4.78 is 5.43. The van der Waals surface area contributed by atoms with Crippen molar-refractivity contribution >= 4 is 35.0 Å². The first-order chi connectivity index (χ1) is 12.7. The first-order valence-electron chi connectivity index (χ1n) is 8.65. The number of thioether (sulfide) groups is 1. The summed E-state index contributed by atoms with van der Waals surface area (Å²) >= 11 is 1.59. The molecule has 2 aliphatic rings. The molecule has 1 atom stereocenters. The van der Waals surface area contributed by atoms with Crippen LogP contribution in [0.5, 0.6) is 5.75 Å². The summed E-state index contributed by atoms with van der Waals surface area (Å²) in [5.41, 5.74) is 2.60. The Labute approximate surface area is 156 Å². The zero-order valence-electron chi connectivity index (χ0n) is 14.5. The van der Waals surface area contributed by atoms with E-state index in [1.54, 1.807) is 23.8 Å². The van der Waals surface area contributed by atoms with Crippen molar-refractivity contribution < 1.29 is 14.3 Å². The predicted molar refractivity (Wildman–Crippen MR) is 103 cm³/mol. The Morgan fingerprint density at radius 3 is 2.58 bits per heavy atom. The number of anilines is 2. The Morgan fingerprint density at radius 2 is 1.88 bits per heavy atom. The van der Waals surface area contributed by atoms with Crippen LogP contribution in [-0.2, 0) is 9.59 Å². The van der Waals surface area contributed by atoms with Crippen molar-refractivity contribution in [3.63, 3.8) is 0 Å². The highest BCUT2D eigenvalue weighted by Crippen LogP contribution is 2.44. The molecule has 0 bridgehead atoms. The normalized spacial score (nSPS) is 19.5. The van der Waals surface area contributed by atoms with Crippen LogP contribution < -0.4 is 15.0 Å². The second-order valence-corrected chi connectivity index (χ2v) is 7.55. The van der Waals surface area contributed by atoms with Crippen LogP contribution in [0.2, 0.25) is 0 Å². The van der Waals surface area contributed by atoms with Crippen molar-refractivity contribution in [3.05, 3.63) is 54.1 Å². The zero-order valence-corrected chi connectivity index (χ0v) is 15.3. The van der Waals surface area contributed by atoms with Gasteiger partial charge in [0.25, 0.3) is 0 Å². The fourth-order valence-electron chi connectivity index (χ4n) is 3.08. The van der Waals surface area contributed by atoms with Gasteiger partial charge in [0.05, 0.1) is 18.6 Å². The fourth-order valence-corrected chi connectivity index (χ4v) is 4.25. The molecule has 1 unspecified atom stereocenters. The van der Waals surface area contributed by atoms with Crippen molar-refractivity contribution in [1.29, 1.82) is 0 Å². The van der Waals surface area contributed by atoms with Gasteiger partial charge in [0.2, 0.25) is 11.8 Å². The smallest absolute Gasteiger partial charge is 0.238 e. The van der Waals surface area contributed by atoms with Crippen LogP contribution in [0.4, 0.5) is 11.4 Å². The SMILES string of the molecule is COc1ccccc1N1C(=O)CSC1c1ccc(NC(=O)C2CC2)cc1. The van der Waals surface area contributed by atoms with Crippen LogP contribution in [0.15, 0.2) is 48.5 Å². The van der Waals surface area contributed by atoms with E-state index in [-0.39, 0.29) is 23.1 Å². The maximum atomic E-state index is 12.5. The minimum Gasteiger partial charge on any atom is -0.495 e. The number of ether oxygens (including phenoxy) is 1. The molecule has 4 rings (SSSR count). The van der Waals surface area contributed by atoms with Gasteiger partial charge in [-0.1, -0.05) is 24.3 Å². The second kappa shape index (κ2) is 7.03. The minimum atomic E-state index is -0.105. The monoisotopic (exact) mass is 368 g/mol. The molecular formula is C20H20N2O3S. The lowest BCUT2D eigenvalue weighted by molar-refractivity contribution is -0.117. The summed E-state index contributed by atoms with van der Waals surface area (Å²) in [6, 6.07) is 15.3.